The van der Waals surface area contributed by atoms with Gasteiger partial charge in [0.25, 0.3) is 0 Å². The lowest BCUT2D eigenvalue weighted by atomic mass is 9.91. The fraction of sp³-hybridized carbons (Fsp3) is 0.0500. The van der Waals surface area contributed by atoms with Crippen LogP contribution in [-0.2, 0) is 0 Å². The highest BCUT2D eigenvalue weighted by Crippen LogP contribution is 2.42. The molecular weight excluding hydrogens is 326 g/mol. The van der Waals surface area contributed by atoms with Gasteiger partial charge in [-0.05, 0) is 30.2 Å². The van der Waals surface area contributed by atoms with Crippen LogP contribution in [0.3, 0.4) is 0 Å². The molecule has 1 aliphatic heterocycles. The summed E-state index contributed by atoms with van der Waals surface area (Å²) in [5, 5.41) is 10.0. The summed E-state index contributed by atoms with van der Waals surface area (Å²) in [7, 11) is 0. The number of aryl methyl sites for hydroxylation is 1. The zero-order chi connectivity index (χ0) is 17.7. The van der Waals surface area contributed by atoms with Gasteiger partial charge in [0.2, 0.25) is 5.43 Å². The Hall–Kier alpha value is -3.21. The predicted octanol–water partition coefficient (Wildman–Crippen LogP) is 4.86. The molecule has 2 aromatic rings. The first-order valence-corrected chi connectivity index (χ1v) is 7.60. The number of fused-ring (bicyclic) bond motifs is 2. The van der Waals surface area contributed by atoms with E-state index in [-0.39, 0.29) is 11.3 Å². The zero-order valence-electron chi connectivity index (χ0n) is 13.1. The molecule has 1 aliphatic carbocycles. The minimum atomic E-state index is -0.906. The lowest BCUT2D eigenvalue weighted by Gasteiger charge is -2.17. The van der Waals surface area contributed by atoms with Gasteiger partial charge in [-0.3, -0.25) is 4.79 Å². The van der Waals surface area contributed by atoms with E-state index >= 15 is 0 Å². The quantitative estimate of drug-likeness (QED) is 0.504. The molecule has 0 radical (unpaired) electrons. The van der Waals surface area contributed by atoms with E-state index in [4.69, 9.17) is 4.42 Å². The second-order valence-corrected chi connectivity index (χ2v) is 5.87. The second kappa shape index (κ2) is 5.41. The van der Waals surface area contributed by atoms with Crippen LogP contribution in [-0.4, -0.2) is 5.11 Å². The van der Waals surface area contributed by atoms with Gasteiger partial charge in [-0.15, -0.1) is 0 Å². The first-order chi connectivity index (χ1) is 12.0. The molecule has 0 amide bonds. The number of benzene rings is 3. The van der Waals surface area contributed by atoms with Crippen LogP contribution in [0.25, 0.3) is 33.4 Å². The molecule has 1 heterocycles. The molecule has 0 saturated heterocycles. The Morgan fingerprint density at radius 3 is 2.48 bits per heavy atom. The molecule has 1 N–H and O–H groups in total. The molecular formula is C20H12F2O3. The van der Waals surface area contributed by atoms with Crippen LogP contribution in [0.5, 0.6) is 5.75 Å². The lowest BCUT2D eigenvalue weighted by molar-refractivity contribution is 0.432. The first-order valence-electron chi connectivity index (χ1n) is 7.60. The number of hydrogen-bond donors (Lipinski definition) is 1. The summed E-state index contributed by atoms with van der Waals surface area (Å²) in [5.74, 6) is -2.10. The Kier molecular flexibility index (Phi) is 3.32. The van der Waals surface area contributed by atoms with Crippen LogP contribution in [0.4, 0.5) is 8.78 Å². The van der Waals surface area contributed by atoms with Crippen LogP contribution >= 0.6 is 0 Å². The summed E-state index contributed by atoms with van der Waals surface area (Å²) in [4.78, 5) is 11.7. The van der Waals surface area contributed by atoms with Gasteiger partial charge in [0, 0.05) is 28.6 Å². The predicted molar refractivity (Wildman–Crippen MR) is 90.9 cm³/mol. The largest absolute Gasteiger partial charge is 0.505 e. The Morgan fingerprint density at radius 2 is 1.72 bits per heavy atom. The highest BCUT2D eigenvalue weighted by atomic mass is 19.1. The molecule has 0 saturated carbocycles. The minimum absolute atomic E-state index is 0.170. The molecule has 0 unspecified atom stereocenters. The molecule has 2 aromatic carbocycles. The molecule has 25 heavy (non-hydrogen) atoms. The number of halogens is 2. The van der Waals surface area contributed by atoms with Gasteiger partial charge in [-0.2, -0.15) is 0 Å². The standard InChI is InChI=1S/C20H12F2O3/c1-10-4-2-3-5-11(10)20-12-6-14(21)16(23)8-18(12)25-19-9-17(24)15(22)7-13(19)20/h2-9,23H,1H3. The maximum Gasteiger partial charge on any atom is 0.217 e. The Bertz CT molecular complexity index is 1160. The molecule has 124 valence electrons. The summed E-state index contributed by atoms with van der Waals surface area (Å²) >= 11 is 0. The third-order valence-corrected chi connectivity index (χ3v) is 4.26. The lowest BCUT2D eigenvalue weighted by Crippen LogP contribution is -2.06. The van der Waals surface area contributed by atoms with E-state index in [1.165, 1.54) is 0 Å². The zero-order valence-corrected chi connectivity index (χ0v) is 13.1. The highest BCUT2D eigenvalue weighted by molar-refractivity contribution is 6.02. The van der Waals surface area contributed by atoms with Gasteiger partial charge in [0.15, 0.2) is 17.4 Å². The molecule has 2 aliphatic rings. The van der Waals surface area contributed by atoms with Crippen LogP contribution in [0, 0.1) is 18.6 Å². The molecule has 4 rings (SSSR count). The van der Waals surface area contributed by atoms with Crippen molar-refractivity contribution in [3.63, 3.8) is 0 Å². The van der Waals surface area contributed by atoms with E-state index < -0.39 is 22.8 Å². The normalized spacial score (nSPS) is 11.3. The molecule has 0 bridgehead atoms. The van der Waals surface area contributed by atoms with E-state index in [0.717, 1.165) is 35.4 Å². The third-order valence-electron chi connectivity index (χ3n) is 4.26. The summed E-state index contributed by atoms with van der Waals surface area (Å²) < 4.78 is 33.5. The topological polar surface area (TPSA) is 50.4 Å². The van der Waals surface area contributed by atoms with Crippen molar-refractivity contribution in [2.24, 2.45) is 0 Å². The highest BCUT2D eigenvalue weighted by Gasteiger charge is 2.21. The smallest absolute Gasteiger partial charge is 0.217 e. The third kappa shape index (κ3) is 2.36. The van der Waals surface area contributed by atoms with Gasteiger partial charge < -0.3 is 9.52 Å². The average Bonchev–Trinajstić information content (AvgIpc) is 2.57. The van der Waals surface area contributed by atoms with Gasteiger partial charge in [-0.25, -0.2) is 8.78 Å². The fourth-order valence-electron chi connectivity index (χ4n) is 3.04. The van der Waals surface area contributed by atoms with Crippen molar-refractivity contribution < 1.29 is 18.3 Å². The maximum absolute atomic E-state index is 14.0. The first kappa shape index (κ1) is 15.3. The van der Waals surface area contributed by atoms with Crippen molar-refractivity contribution in [2.45, 2.75) is 6.92 Å². The van der Waals surface area contributed by atoms with Gasteiger partial charge in [0.05, 0.1) is 0 Å². The number of aromatic hydroxyl groups is 1. The molecule has 0 atom stereocenters. The number of phenolic OH excluding ortho intramolecular Hbond substituents is 1. The van der Waals surface area contributed by atoms with Crippen molar-refractivity contribution in [1.82, 2.24) is 0 Å². The summed E-state index contributed by atoms with van der Waals surface area (Å²) in [6.07, 6.45) is 0. The number of hydrogen-bond acceptors (Lipinski definition) is 3. The molecule has 0 spiro atoms. The van der Waals surface area contributed by atoms with Crippen LogP contribution in [0.15, 0.2) is 57.7 Å². The molecule has 5 heteroatoms. The van der Waals surface area contributed by atoms with E-state index in [9.17, 15) is 18.7 Å². The van der Waals surface area contributed by atoms with Crippen molar-refractivity contribution >= 4 is 11.0 Å². The van der Waals surface area contributed by atoms with Crippen molar-refractivity contribution in [1.29, 1.82) is 0 Å². The summed E-state index contributed by atoms with van der Waals surface area (Å²) in [5.41, 5.74) is 1.98. The average molecular weight is 338 g/mol. The number of rotatable bonds is 1. The molecule has 3 nitrogen and oxygen atoms in total. The monoisotopic (exact) mass is 338 g/mol. The van der Waals surface area contributed by atoms with Crippen molar-refractivity contribution in [2.75, 3.05) is 0 Å². The molecule has 0 aromatic heterocycles. The van der Waals surface area contributed by atoms with E-state index in [1.807, 2.05) is 31.2 Å². The number of phenols is 1. The second-order valence-electron chi connectivity index (χ2n) is 5.87. The Labute approximate surface area is 141 Å². The van der Waals surface area contributed by atoms with Crippen LogP contribution in [0.1, 0.15) is 5.56 Å². The van der Waals surface area contributed by atoms with E-state index in [1.54, 1.807) is 0 Å². The van der Waals surface area contributed by atoms with E-state index in [2.05, 4.69) is 0 Å². The fourth-order valence-corrected chi connectivity index (χ4v) is 3.04. The van der Waals surface area contributed by atoms with E-state index in [0.29, 0.717) is 16.5 Å². The molecule has 0 fully saturated rings. The SMILES string of the molecule is Cc1ccccc1-c1c2cc(F)c(=O)cc-2oc2cc(O)c(F)cc12. The minimum Gasteiger partial charge on any atom is -0.505 e. The van der Waals surface area contributed by atoms with Gasteiger partial charge in [0.1, 0.15) is 11.3 Å². The van der Waals surface area contributed by atoms with Gasteiger partial charge in [-0.1, -0.05) is 24.3 Å². The van der Waals surface area contributed by atoms with Crippen LogP contribution < -0.4 is 5.43 Å². The van der Waals surface area contributed by atoms with Crippen molar-refractivity contribution in [3.8, 4) is 28.2 Å². The summed E-state index contributed by atoms with van der Waals surface area (Å²) in [6.45, 7) is 1.88. The van der Waals surface area contributed by atoms with Crippen molar-refractivity contribution in [3.05, 3.63) is 76.0 Å². The Balaban J connectivity index is 2.27. The van der Waals surface area contributed by atoms with Crippen LogP contribution in [0.2, 0.25) is 0 Å². The Morgan fingerprint density at radius 1 is 0.960 bits per heavy atom. The maximum atomic E-state index is 14.0. The summed E-state index contributed by atoms with van der Waals surface area (Å²) in [6, 6.07) is 11.9. The van der Waals surface area contributed by atoms with Gasteiger partial charge >= 0.3 is 0 Å².